The van der Waals surface area contributed by atoms with E-state index in [0.29, 0.717) is 17.0 Å². The monoisotopic (exact) mass is 348 g/mol. The van der Waals surface area contributed by atoms with Crippen molar-refractivity contribution in [2.24, 2.45) is 0 Å². The van der Waals surface area contributed by atoms with Gasteiger partial charge in [0.25, 0.3) is 5.91 Å². The molecule has 2 aromatic rings. The minimum Gasteiger partial charge on any atom is -0.495 e. The van der Waals surface area contributed by atoms with Crippen molar-refractivity contribution in [2.45, 2.75) is 18.7 Å². The Hall–Kier alpha value is -2.38. The van der Waals surface area contributed by atoms with E-state index in [-0.39, 0.29) is 10.5 Å². The molecule has 0 unspecified atom stereocenters. The van der Waals surface area contributed by atoms with E-state index >= 15 is 0 Å². The van der Waals surface area contributed by atoms with Gasteiger partial charge in [-0.2, -0.15) is 0 Å². The number of carbonyl (C=O) groups excluding carboxylic acids is 1. The summed E-state index contributed by atoms with van der Waals surface area (Å²) in [6.07, 6.45) is 0. The minimum absolute atomic E-state index is 0.0928. The van der Waals surface area contributed by atoms with Gasteiger partial charge in [0.1, 0.15) is 5.75 Å². The van der Waals surface area contributed by atoms with E-state index in [4.69, 9.17) is 4.74 Å². The molecule has 0 aliphatic heterocycles. The van der Waals surface area contributed by atoms with Gasteiger partial charge in [-0.25, -0.2) is 13.1 Å². The Morgan fingerprint density at radius 1 is 1.12 bits per heavy atom. The molecule has 0 fully saturated rings. The number of hydrogen-bond acceptors (Lipinski definition) is 4. The summed E-state index contributed by atoms with van der Waals surface area (Å²) < 4.78 is 31.8. The van der Waals surface area contributed by atoms with Crippen molar-refractivity contribution in [2.75, 3.05) is 19.5 Å². The molecule has 0 radical (unpaired) electrons. The Bertz CT molecular complexity index is 876. The number of ether oxygens (including phenoxy) is 1. The molecule has 0 aliphatic carbocycles. The van der Waals surface area contributed by atoms with Crippen molar-refractivity contribution in [3.63, 3.8) is 0 Å². The predicted octanol–water partition coefficient (Wildman–Crippen LogP) is 2.47. The lowest BCUT2D eigenvalue weighted by Gasteiger charge is -2.13. The Balaban J connectivity index is 2.44. The number of para-hydroxylation sites is 2. The third-order valence-corrected chi connectivity index (χ3v) is 5.34. The predicted molar refractivity (Wildman–Crippen MR) is 93.1 cm³/mol. The van der Waals surface area contributed by atoms with E-state index < -0.39 is 15.9 Å². The molecule has 0 atom stereocenters. The smallest absolute Gasteiger partial charge is 0.255 e. The van der Waals surface area contributed by atoms with Gasteiger partial charge in [-0.05, 0) is 56.3 Å². The van der Waals surface area contributed by atoms with Gasteiger partial charge in [0, 0.05) is 5.56 Å². The van der Waals surface area contributed by atoms with Gasteiger partial charge >= 0.3 is 0 Å². The van der Waals surface area contributed by atoms with Gasteiger partial charge in [0.15, 0.2) is 0 Å². The number of anilines is 1. The molecule has 6 nitrogen and oxygen atoms in total. The van der Waals surface area contributed by atoms with E-state index in [0.717, 1.165) is 5.56 Å². The molecule has 0 saturated heterocycles. The minimum atomic E-state index is -3.65. The first-order chi connectivity index (χ1) is 11.3. The zero-order valence-corrected chi connectivity index (χ0v) is 14.8. The van der Waals surface area contributed by atoms with Crippen molar-refractivity contribution in [1.82, 2.24) is 4.72 Å². The van der Waals surface area contributed by atoms with Crippen molar-refractivity contribution >= 4 is 21.6 Å². The molecule has 7 heteroatoms. The van der Waals surface area contributed by atoms with Gasteiger partial charge in [-0.3, -0.25) is 4.79 Å². The molecule has 0 aliphatic rings. The number of rotatable bonds is 5. The molecule has 0 saturated carbocycles. The number of aryl methyl sites for hydroxylation is 1. The average molecular weight is 348 g/mol. The second kappa shape index (κ2) is 7.02. The van der Waals surface area contributed by atoms with Crippen LogP contribution in [0.15, 0.2) is 41.3 Å². The van der Waals surface area contributed by atoms with Crippen LogP contribution in [0.3, 0.4) is 0 Å². The summed E-state index contributed by atoms with van der Waals surface area (Å²) in [7, 11) is -0.796. The fourth-order valence-corrected chi connectivity index (χ4v) is 3.36. The summed E-state index contributed by atoms with van der Waals surface area (Å²) in [5.74, 6) is 0.118. The van der Waals surface area contributed by atoms with Crippen LogP contribution in [0.1, 0.15) is 21.5 Å². The Morgan fingerprint density at radius 3 is 2.42 bits per heavy atom. The number of methoxy groups -OCH3 is 1. The number of hydrogen-bond donors (Lipinski definition) is 2. The summed E-state index contributed by atoms with van der Waals surface area (Å²) in [5, 5.41) is 2.74. The summed E-state index contributed by atoms with van der Waals surface area (Å²) in [4.78, 5) is 12.6. The summed E-state index contributed by atoms with van der Waals surface area (Å²) >= 11 is 0. The number of carbonyl (C=O) groups is 1. The summed E-state index contributed by atoms with van der Waals surface area (Å²) in [5.41, 5.74) is 2.11. The lowest BCUT2D eigenvalue weighted by Crippen LogP contribution is -2.21. The van der Waals surface area contributed by atoms with E-state index in [1.807, 2.05) is 0 Å². The normalized spacial score (nSPS) is 11.2. The van der Waals surface area contributed by atoms with Gasteiger partial charge in [-0.15, -0.1) is 0 Å². The lowest BCUT2D eigenvalue weighted by atomic mass is 10.1. The van der Waals surface area contributed by atoms with Crippen LogP contribution in [0.25, 0.3) is 0 Å². The molecule has 1 amide bonds. The van der Waals surface area contributed by atoms with Crippen LogP contribution in [0, 0.1) is 13.8 Å². The first kappa shape index (κ1) is 18.0. The standard InChI is InChI=1S/C17H20N2O4S/c1-11-9-13(10-16(12(11)2)24(21,22)18-3)17(20)19-14-7-5-6-8-15(14)23-4/h5-10,18H,1-4H3,(H,19,20). The number of nitrogens with one attached hydrogen (secondary N) is 2. The molecular weight excluding hydrogens is 328 g/mol. The second-order valence-corrected chi connectivity index (χ2v) is 7.13. The molecule has 0 bridgehead atoms. The summed E-state index contributed by atoms with van der Waals surface area (Å²) in [6, 6.07) is 10.0. The zero-order chi connectivity index (χ0) is 17.9. The van der Waals surface area contributed by atoms with E-state index in [1.165, 1.54) is 20.2 Å². The summed E-state index contributed by atoms with van der Waals surface area (Å²) in [6.45, 7) is 3.48. The SMILES string of the molecule is CNS(=O)(=O)c1cc(C(=O)Nc2ccccc2OC)cc(C)c1C. The molecule has 0 aromatic heterocycles. The van der Waals surface area contributed by atoms with E-state index in [1.54, 1.807) is 44.2 Å². The fraction of sp³-hybridized carbons (Fsp3) is 0.235. The van der Waals surface area contributed by atoms with Gasteiger partial charge < -0.3 is 10.1 Å². The first-order valence-electron chi connectivity index (χ1n) is 7.29. The maximum Gasteiger partial charge on any atom is 0.255 e. The highest BCUT2D eigenvalue weighted by Crippen LogP contribution is 2.25. The topological polar surface area (TPSA) is 84.5 Å². The maximum atomic E-state index is 12.5. The fourth-order valence-electron chi connectivity index (χ4n) is 2.29. The van der Waals surface area contributed by atoms with Crippen LogP contribution in [-0.2, 0) is 10.0 Å². The maximum absolute atomic E-state index is 12.5. The molecule has 2 aromatic carbocycles. The highest BCUT2D eigenvalue weighted by Gasteiger charge is 2.19. The number of benzene rings is 2. The van der Waals surface area contributed by atoms with Crippen molar-refractivity contribution in [1.29, 1.82) is 0 Å². The van der Waals surface area contributed by atoms with Gasteiger partial charge in [-0.1, -0.05) is 12.1 Å². The number of sulfonamides is 1. The van der Waals surface area contributed by atoms with Crippen molar-refractivity contribution in [3.05, 3.63) is 53.1 Å². The third-order valence-electron chi connectivity index (χ3n) is 3.80. The van der Waals surface area contributed by atoms with Crippen LogP contribution in [-0.4, -0.2) is 28.5 Å². The highest BCUT2D eigenvalue weighted by atomic mass is 32.2. The average Bonchev–Trinajstić information content (AvgIpc) is 2.57. The van der Waals surface area contributed by atoms with E-state index in [2.05, 4.69) is 10.0 Å². The first-order valence-corrected chi connectivity index (χ1v) is 8.77. The second-order valence-electron chi connectivity index (χ2n) is 5.28. The van der Waals surface area contributed by atoms with Gasteiger partial charge in [0.05, 0.1) is 17.7 Å². The lowest BCUT2D eigenvalue weighted by molar-refractivity contribution is 0.102. The van der Waals surface area contributed by atoms with Crippen molar-refractivity contribution < 1.29 is 17.9 Å². The Morgan fingerprint density at radius 2 is 1.79 bits per heavy atom. The number of amides is 1. The third kappa shape index (κ3) is 3.58. The van der Waals surface area contributed by atoms with Crippen LogP contribution in [0.5, 0.6) is 5.75 Å². The largest absolute Gasteiger partial charge is 0.495 e. The quantitative estimate of drug-likeness (QED) is 0.869. The molecule has 128 valence electrons. The molecular formula is C17H20N2O4S. The van der Waals surface area contributed by atoms with Crippen molar-refractivity contribution in [3.8, 4) is 5.75 Å². The molecule has 0 spiro atoms. The van der Waals surface area contributed by atoms with Crippen LogP contribution in [0.4, 0.5) is 5.69 Å². The molecule has 2 N–H and O–H groups in total. The Labute approximate surface area is 141 Å². The highest BCUT2D eigenvalue weighted by molar-refractivity contribution is 7.89. The van der Waals surface area contributed by atoms with E-state index in [9.17, 15) is 13.2 Å². The van der Waals surface area contributed by atoms with Crippen LogP contribution in [0.2, 0.25) is 0 Å². The van der Waals surface area contributed by atoms with Crippen LogP contribution >= 0.6 is 0 Å². The molecule has 24 heavy (non-hydrogen) atoms. The van der Waals surface area contributed by atoms with Crippen LogP contribution < -0.4 is 14.8 Å². The molecule has 2 rings (SSSR count). The Kier molecular flexibility index (Phi) is 5.26. The zero-order valence-electron chi connectivity index (χ0n) is 14.0. The van der Waals surface area contributed by atoms with Gasteiger partial charge in [0.2, 0.25) is 10.0 Å². The molecule has 0 heterocycles.